The zero-order valence-corrected chi connectivity index (χ0v) is 14.2. The van der Waals surface area contributed by atoms with Crippen molar-refractivity contribution >= 4 is 0 Å². The van der Waals surface area contributed by atoms with E-state index in [1.165, 1.54) is 12.1 Å². The van der Waals surface area contributed by atoms with Gasteiger partial charge in [0.25, 0.3) is 0 Å². The number of hydrogen-bond acceptors (Lipinski definition) is 5. The Hall–Kier alpha value is -2.73. The van der Waals surface area contributed by atoms with E-state index in [1.807, 2.05) is 38.1 Å². The molecule has 0 saturated heterocycles. The average molecular weight is 341 g/mol. The molecule has 0 spiro atoms. The molecular weight excluding hydrogens is 321 g/mol. The third kappa shape index (κ3) is 4.42. The zero-order chi connectivity index (χ0) is 17.6. The van der Waals surface area contributed by atoms with Gasteiger partial charge in [-0.3, -0.25) is 0 Å². The molecule has 1 atom stereocenters. The highest BCUT2D eigenvalue weighted by molar-refractivity contribution is 5.53. The number of halogens is 1. The maximum absolute atomic E-state index is 13.3. The molecule has 0 aliphatic rings. The van der Waals surface area contributed by atoms with Crippen LogP contribution in [0.4, 0.5) is 4.39 Å². The third-order valence-corrected chi connectivity index (χ3v) is 3.72. The number of ether oxygens (including phenoxy) is 1. The smallest absolute Gasteiger partial charge is 0.243 e. The highest BCUT2D eigenvalue weighted by atomic mass is 19.1. The second-order valence-corrected chi connectivity index (χ2v) is 5.65. The van der Waals surface area contributed by atoms with Crippen LogP contribution in [0.15, 0.2) is 53.1 Å². The molecule has 2 aromatic carbocycles. The number of nitrogens with zero attached hydrogens (tertiary/aromatic N) is 2. The Bertz CT molecular complexity index is 835. The van der Waals surface area contributed by atoms with E-state index >= 15 is 0 Å². The first kappa shape index (κ1) is 17.1. The van der Waals surface area contributed by atoms with Gasteiger partial charge in [-0.15, -0.1) is 0 Å². The molecule has 1 unspecified atom stereocenters. The summed E-state index contributed by atoms with van der Waals surface area (Å²) in [7, 11) is 0. The van der Waals surface area contributed by atoms with Gasteiger partial charge in [0.15, 0.2) is 0 Å². The van der Waals surface area contributed by atoms with Crippen molar-refractivity contribution in [1.82, 2.24) is 15.5 Å². The molecule has 6 heteroatoms. The normalized spacial score (nSPS) is 12.1. The lowest BCUT2D eigenvalue weighted by atomic mass is 10.2. The fourth-order valence-corrected chi connectivity index (χ4v) is 2.43. The van der Waals surface area contributed by atoms with Crippen molar-refractivity contribution in [2.24, 2.45) is 0 Å². The second-order valence-electron chi connectivity index (χ2n) is 5.65. The number of aromatic nitrogens is 2. The van der Waals surface area contributed by atoms with Crippen LogP contribution in [-0.2, 0) is 6.54 Å². The van der Waals surface area contributed by atoms with Crippen LogP contribution in [0.2, 0.25) is 0 Å². The summed E-state index contributed by atoms with van der Waals surface area (Å²) in [6, 6.07) is 13.9. The maximum Gasteiger partial charge on any atom is 0.243 e. The van der Waals surface area contributed by atoms with Crippen molar-refractivity contribution in [2.45, 2.75) is 26.4 Å². The summed E-state index contributed by atoms with van der Waals surface area (Å²) in [6.45, 7) is 5.17. The Morgan fingerprint density at radius 1 is 1.20 bits per heavy atom. The van der Waals surface area contributed by atoms with Crippen LogP contribution in [-0.4, -0.2) is 16.7 Å². The van der Waals surface area contributed by atoms with Gasteiger partial charge in [0.1, 0.15) is 11.6 Å². The van der Waals surface area contributed by atoms with E-state index in [0.29, 0.717) is 30.4 Å². The van der Waals surface area contributed by atoms with E-state index in [4.69, 9.17) is 9.26 Å². The van der Waals surface area contributed by atoms with Crippen LogP contribution in [0.25, 0.3) is 11.4 Å². The Balaban J connectivity index is 1.64. The summed E-state index contributed by atoms with van der Waals surface area (Å²) >= 11 is 0. The Labute approximate surface area is 145 Å². The van der Waals surface area contributed by atoms with E-state index in [-0.39, 0.29) is 11.9 Å². The number of nitrogens with one attached hydrogen (secondary N) is 1. The van der Waals surface area contributed by atoms with E-state index in [9.17, 15) is 4.39 Å². The average Bonchev–Trinajstić information content (AvgIpc) is 3.11. The predicted molar refractivity (Wildman–Crippen MR) is 92.6 cm³/mol. The van der Waals surface area contributed by atoms with Crippen LogP contribution >= 0.6 is 0 Å². The van der Waals surface area contributed by atoms with E-state index in [2.05, 4.69) is 15.5 Å². The van der Waals surface area contributed by atoms with Gasteiger partial charge in [-0.25, -0.2) is 4.39 Å². The fraction of sp³-hybridized carbons (Fsp3) is 0.263. The number of rotatable bonds is 7. The van der Waals surface area contributed by atoms with E-state index in [1.54, 1.807) is 12.1 Å². The molecular formula is C19H20FN3O2. The molecule has 0 aliphatic heterocycles. The van der Waals surface area contributed by atoms with Gasteiger partial charge < -0.3 is 14.6 Å². The summed E-state index contributed by atoms with van der Waals surface area (Å²) in [6.07, 6.45) is 0. The zero-order valence-electron chi connectivity index (χ0n) is 14.2. The van der Waals surface area contributed by atoms with Crippen molar-refractivity contribution < 1.29 is 13.7 Å². The predicted octanol–water partition coefficient (Wildman–Crippen LogP) is 4.13. The second kappa shape index (κ2) is 7.90. The Morgan fingerprint density at radius 3 is 2.84 bits per heavy atom. The van der Waals surface area contributed by atoms with Gasteiger partial charge in [0.05, 0.1) is 12.6 Å². The molecule has 0 fully saturated rings. The SMILES string of the molecule is CCOc1cccc(CNC(C)c2nc(-c3cccc(F)c3)no2)c1. The Kier molecular flexibility index (Phi) is 5.40. The first-order chi connectivity index (χ1) is 12.2. The largest absolute Gasteiger partial charge is 0.494 e. The lowest BCUT2D eigenvalue weighted by molar-refractivity contribution is 0.336. The van der Waals surface area contributed by atoms with Gasteiger partial charge in [0, 0.05) is 12.1 Å². The molecule has 3 rings (SSSR count). The van der Waals surface area contributed by atoms with E-state index in [0.717, 1.165) is 11.3 Å². The van der Waals surface area contributed by atoms with Crippen molar-refractivity contribution in [3.63, 3.8) is 0 Å². The van der Waals surface area contributed by atoms with E-state index < -0.39 is 0 Å². The molecule has 5 nitrogen and oxygen atoms in total. The van der Waals surface area contributed by atoms with Crippen molar-refractivity contribution in [3.05, 3.63) is 65.8 Å². The topological polar surface area (TPSA) is 60.2 Å². The lowest BCUT2D eigenvalue weighted by Crippen LogP contribution is -2.18. The van der Waals surface area contributed by atoms with Gasteiger partial charge >= 0.3 is 0 Å². The molecule has 0 saturated carbocycles. The minimum absolute atomic E-state index is 0.134. The standard InChI is InChI=1S/C19H20FN3O2/c1-3-24-17-9-4-6-14(10-17)12-21-13(2)19-22-18(23-25-19)15-7-5-8-16(20)11-15/h4-11,13,21H,3,12H2,1-2H3. The minimum Gasteiger partial charge on any atom is -0.494 e. The molecule has 0 amide bonds. The summed E-state index contributed by atoms with van der Waals surface area (Å²) in [5.74, 6) is 1.35. The number of hydrogen-bond donors (Lipinski definition) is 1. The summed E-state index contributed by atoms with van der Waals surface area (Å²) in [4.78, 5) is 4.35. The van der Waals surface area contributed by atoms with Crippen molar-refractivity contribution in [3.8, 4) is 17.1 Å². The quantitative estimate of drug-likeness (QED) is 0.700. The molecule has 1 N–H and O–H groups in total. The first-order valence-corrected chi connectivity index (χ1v) is 8.20. The number of benzene rings is 2. The molecule has 0 aliphatic carbocycles. The molecule has 0 bridgehead atoms. The Morgan fingerprint density at radius 2 is 2.04 bits per heavy atom. The monoisotopic (exact) mass is 341 g/mol. The van der Waals surface area contributed by atoms with Gasteiger partial charge in [-0.1, -0.05) is 29.4 Å². The summed E-state index contributed by atoms with van der Waals surface area (Å²) in [5.41, 5.74) is 1.69. The molecule has 1 heterocycles. The van der Waals surface area contributed by atoms with Gasteiger partial charge in [-0.2, -0.15) is 4.98 Å². The van der Waals surface area contributed by atoms with Crippen LogP contribution < -0.4 is 10.1 Å². The van der Waals surface area contributed by atoms with Crippen LogP contribution in [0.1, 0.15) is 31.3 Å². The van der Waals surface area contributed by atoms with Crippen LogP contribution in [0.5, 0.6) is 5.75 Å². The first-order valence-electron chi connectivity index (χ1n) is 8.20. The molecule has 0 radical (unpaired) electrons. The maximum atomic E-state index is 13.3. The molecule has 3 aromatic rings. The third-order valence-electron chi connectivity index (χ3n) is 3.72. The van der Waals surface area contributed by atoms with Crippen LogP contribution in [0, 0.1) is 5.82 Å². The lowest BCUT2D eigenvalue weighted by Gasteiger charge is -2.10. The van der Waals surface area contributed by atoms with Gasteiger partial charge in [0.2, 0.25) is 11.7 Å². The molecule has 130 valence electrons. The summed E-state index contributed by atoms with van der Waals surface area (Å²) in [5, 5.41) is 7.26. The van der Waals surface area contributed by atoms with Crippen molar-refractivity contribution in [1.29, 1.82) is 0 Å². The minimum atomic E-state index is -0.329. The molecule has 25 heavy (non-hydrogen) atoms. The highest BCUT2D eigenvalue weighted by Gasteiger charge is 2.15. The molecule has 1 aromatic heterocycles. The van der Waals surface area contributed by atoms with Crippen LogP contribution in [0.3, 0.4) is 0 Å². The van der Waals surface area contributed by atoms with Crippen molar-refractivity contribution in [2.75, 3.05) is 6.61 Å². The van der Waals surface area contributed by atoms with Gasteiger partial charge in [-0.05, 0) is 43.7 Å². The highest BCUT2D eigenvalue weighted by Crippen LogP contribution is 2.20. The summed E-state index contributed by atoms with van der Waals surface area (Å²) < 4.78 is 24.1. The fourth-order valence-electron chi connectivity index (χ4n) is 2.43.